The molecule has 0 bridgehead atoms. The summed E-state index contributed by atoms with van der Waals surface area (Å²) in [6, 6.07) is 4.87. The third-order valence-electron chi connectivity index (χ3n) is 2.56. The van der Waals surface area contributed by atoms with Gasteiger partial charge in [0.25, 0.3) is 5.91 Å². The lowest BCUT2D eigenvalue weighted by molar-refractivity contribution is 0.0934. The third-order valence-corrected chi connectivity index (χ3v) is 3.45. The van der Waals surface area contributed by atoms with Crippen LogP contribution in [0.25, 0.3) is 0 Å². The van der Waals surface area contributed by atoms with E-state index in [4.69, 9.17) is 0 Å². The second-order valence-electron chi connectivity index (χ2n) is 4.12. The first-order valence-electron chi connectivity index (χ1n) is 5.71. The molecular weight excluding hydrogens is 270 g/mol. The maximum Gasteiger partial charge on any atom is 0.254 e. The van der Waals surface area contributed by atoms with Crippen molar-refractivity contribution in [3.63, 3.8) is 0 Å². The van der Waals surface area contributed by atoms with Crippen molar-refractivity contribution in [2.24, 2.45) is 0 Å². The van der Waals surface area contributed by atoms with Crippen LogP contribution >= 0.6 is 11.3 Å². The Balaban J connectivity index is 2.02. The lowest BCUT2D eigenvalue weighted by Gasteiger charge is -2.13. The number of rotatable bonds is 4. The van der Waals surface area contributed by atoms with E-state index < -0.39 is 17.7 Å². The van der Waals surface area contributed by atoms with E-state index in [1.165, 1.54) is 0 Å². The Morgan fingerprint density at radius 2 is 2.26 bits per heavy atom. The van der Waals surface area contributed by atoms with Gasteiger partial charge in [0.05, 0.1) is 5.56 Å². The van der Waals surface area contributed by atoms with E-state index >= 15 is 0 Å². The highest BCUT2D eigenvalue weighted by Crippen LogP contribution is 2.12. The topological polar surface area (TPSA) is 42.0 Å². The van der Waals surface area contributed by atoms with E-state index in [0.717, 1.165) is 17.1 Å². The van der Waals surface area contributed by atoms with Crippen molar-refractivity contribution in [2.45, 2.75) is 19.4 Å². The summed E-state index contributed by atoms with van der Waals surface area (Å²) in [6.45, 7) is 1.81. The number of hydrogen-bond donors (Lipinski definition) is 1. The van der Waals surface area contributed by atoms with Crippen LogP contribution in [0.5, 0.6) is 0 Å². The van der Waals surface area contributed by atoms with Gasteiger partial charge in [-0.25, -0.2) is 9.37 Å². The van der Waals surface area contributed by atoms with Crippen molar-refractivity contribution in [2.75, 3.05) is 0 Å². The molecule has 2 rings (SSSR count). The molecule has 6 heteroatoms. The van der Waals surface area contributed by atoms with Crippen molar-refractivity contribution in [1.29, 1.82) is 0 Å². The highest BCUT2D eigenvalue weighted by molar-refractivity contribution is 7.09. The van der Waals surface area contributed by atoms with Crippen LogP contribution in [0.15, 0.2) is 29.8 Å². The molecule has 3 nitrogen and oxygen atoms in total. The smallest absolute Gasteiger partial charge is 0.254 e. The first kappa shape index (κ1) is 13.6. The van der Waals surface area contributed by atoms with Gasteiger partial charge in [-0.15, -0.1) is 11.3 Å². The molecule has 2 heterocycles. The fourth-order valence-corrected chi connectivity index (χ4v) is 2.51. The van der Waals surface area contributed by atoms with E-state index in [1.807, 2.05) is 24.4 Å². The minimum absolute atomic E-state index is 0.165. The minimum atomic E-state index is -1.27. The van der Waals surface area contributed by atoms with Gasteiger partial charge in [-0.3, -0.25) is 4.79 Å². The molecule has 0 aliphatic carbocycles. The Bertz CT molecular complexity index is 572. The van der Waals surface area contributed by atoms with Crippen LogP contribution in [0.4, 0.5) is 8.78 Å². The number of hydrogen-bond acceptors (Lipinski definition) is 3. The first-order valence-corrected chi connectivity index (χ1v) is 6.59. The van der Waals surface area contributed by atoms with Gasteiger partial charge in [-0.05, 0) is 24.4 Å². The van der Waals surface area contributed by atoms with E-state index in [0.29, 0.717) is 6.42 Å². The number of amides is 1. The fraction of sp³-hybridized carbons (Fsp3) is 0.231. The molecule has 1 unspecified atom stereocenters. The number of nitrogens with one attached hydrogen (secondary N) is 1. The molecule has 1 atom stereocenters. The van der Waals surface area contributed by atoms with E-state index in [9.17, 15) is 13.6 Å². The third kappa shape index (κ3) is 3.35. The summed E-state index contributed by atoms with van der Waals surface area (Å²) in [5.74, 6) is -3.12. The molecular formula is C13H12F2N2OS. The maximum absolute atomic E-state index is 13.4. The lowest BCUT2D eigenvalue weighted by atomic mass is 10.2. The van der Waals surface area contributed by atoms with Gasteiger partial charge in [0, 0.05) is 23.5 Å². The summed E-state index contributed by atoms with van der Waals surface area (Å²) in [5, 5.41) is 4.58. The Hall–Kier alpha value is -1.82. The fourth-order valence-electron chi connectivity index (χ4n) is 1.68. The number of nitrogens with zero attached hydrogens (tertiary/aromatic N) is 1. The predicted octanol–water partition coefficient (Wildman–Crippen LogP) is 2.78. The average Bonchev–Trinajstić information content (AvgIpc) is 2.85. The van der Waals surface area contributed by atoms with Gasteiger partial charge in [-0.1, -0.05) is 6.07 Å². The standard InChI is InChI=1S/C13H12F2N2OS/c1-8(7-9-3-2-6-19-9)17-13(18)10-4-5-16-12(15)11(10)14/h2-6,8H,7H2,1H3,(H,17,18). The maximum atomic E-state index is 13.4. The quantitative estimate of drug-likeness (QED) is 0.876. The van der Waals surface area contributed by atoms with Crippen LogP contribution in [-0.4, -0.2) is 16.9 Å². The molecule has 0 saturated carbocycles. The summed E-state index contributed by atoms with van der Waals surface area (Å²) in [7, 11) is 0. The Kier molecular flexibility index (Phi) is 4.21. The van der Waals surface area contributed by atoms with Crippen molar-refractivity contribution >= 4 is 17.2 Å². The highest BCUT2D eigenvalue weighted by Gasteiger charge is 2.17. The number of pyridine rings is 1. The summed E-state index contributed by atoms with van der Waals surface area (Å²) in [5.41, 5.74) is -0.328. The zero-order valence-electron chi connectivity index (χ0n) is 10.2. The number of carbonyl (C=O) groups is 1. The summed E-state index contributed by atoms with van der Waals surface area (Å²) < 4.78 is 26.3. The van der Waals surface area contributed by atoms with Crippen LogP contribution in [0.1, 0.15) is 22.2 Å². The predicted molar refractivity (Wildman–Crippen MR) is 69.1 cm³/mol. The van der Waals surface area contributed by atoms with Crippen molar-refractivity contribution < 1.29 is 13.6 Å². The van der Waals surface area contributed by atoms with Gasteiger partial charge >= 0.3 is 0 Å². The lowest BCUT2D eigenvalue weighted by Crippen LogP contribution is -2.34. The van der Waals surface area contributed by atoms with Crippen LogP contribution in [0, 0.1) is 11.8 Å². The summed E-state index contributed by atoms with van der Waals surface area (Å²) >= 11 is 1.58. The van der Waals surface area contributed by atoms with Gasteiger partial charge in [-0.2, -0.15) is 4.39 Å². The van der Waals surface area contributed by atoms with Crippen molar-refractivity contribution in [3.8, 4) is 0 Å². The van der Waals surface area contributed by atoms with Gasteiger partial charge in [0.1, 0.15) is 0 Å². The molecule has 0 saturated heterocycles. The zero-order valence-corrected chi connectivity index (χ0v) is 11.0. The minimum Gasteiger partial charge on any atom is -0.349 e. The number of thiophene rings is 1. The van der Waals surface area contributed by atoms with Gasteiger partial charge < -0.3 is 5.32 Å². The second kappa shape index (κ2) is 5.88. The largest absolute Gasteiger partial charge is 0.349 e. The normalized spacial score (nSPS) is 12.2. The summed E-state index contributed by atoms with van der Waals surface area (Å²) in [6.07, 6.45) is 1.72. The molecule has 0 aromatic carbocycles. The van der Waals surface area contributed by atoms with Crippen molar-refractivity contribution in [3.05, 3.63) is 52.0 Å². The van der Waals surface area contributed by atoms with E-state index in [-0.39, 0.29) is 11.6 Å². The van der Waals surface area contributed by atoms with E-state index in [1.54, 1.807) is 11.3 Å². The van der Waals surface area contributed by atoms with Crippen LogP contribution < -0.4 is 5.32 Å². The average molecular weight is 282 g/mol. The molecule has 1 amide bonds. The molecule has 0 radical (unpaired) electrons. The molecule has 100 valence electrons. The summed E-state index contributed by atoms with van der Waals surface area (Å²) in [4.78, 5) is 16.1. The molecule has 2 aromatic rings. The molecule has 19 heavy (non-hydrogen) atoms. The molecule has 1 N–H and O–H groups in total. The van der Waals surface area contributed by atoms with Crippen molar-refractivity contribution in [1.82, 2.24) is 10.3 Å². The zero-order chi connectivity index (χ0) is 13.8. The molecule has 0 aliphatic rings. The second-order valence-corrected chi connectivity index (χ2v) is 5.15. The van der Waals surface area contributed by atoms with Crippen LogP contribution in [0.2, 0.25) is 0 Å². The van der Waals surface area contributed by atoms with Crippen LogP contribution in [0.3, 0.4) is 0 Å². The molecule has 0 fully saturated rings. The molecule has 0 spiro atoms. The first-order chi connectivity index (χ1) is 9.08. The van der Waals surface area contributed by atoms with E-state index in [2.05, 4.69) is 10.3 Å². The Morgan fingerprint density at radius 1 is 1.47 bits per heavy atom. The number of halogens is 2. The molecule has 2 aromatic heterocycles. The Labute approximate surface area is 113 Å². The number of carbonyl (C=O) groups excluding carboxylic acids is 1. The number of aromatic nitrogens is 1. The monoisotopic (exact) mass is 282 g/mol. The van der Waals surface area contributed by atoms with Gasteiger partial charge in [0.2, 0.25) is 5.95 Å². The van der Waals surface area contributed by atoms with Gasteiger partial charge in [0.15, 0.2) is 5.82 Å². The highest BCUT2D eigenvalue weighted by atomic mass is 32.1. The van der Waals surface area contributed by atoms with Crippen LogP contribution in [-0.2, 0) is 6.42 Å². The molecule has 0 aliphatic heterocycles. The Morgan fingerprint density at radius 3 is 2.95 bits per heavy atom. The SMILES string of the molecule is CC(Cc1cccs1)NC(=O)c1ccnc(F)c1F.